The van der Waals surface area contributed by atoms with E-state index in [1.54, 1.807) is 19.1 Å². The molecule has 0 heterocycles. The van der Waals surface area contributed by atoms with Crippen molar-refractivity contribution in [3.8, 4) is 11.5 Å². The number of phenols is 1. The molecule has 0 atom stereocenters. The van der Waals surface area contributed by atoms with Crippen LogP contribution in [-0.4, -0.2) is 29.0 Å². The molecule has 2 rings (SSSR count). The van der Waals surface area contributed by atoms with Crippen LogP contribution in [0.25, 0.3) is 0 Å². The largest absolute Gasteiger partial charge is 0.507 e. The quantitative estimate of drug-likeness (QED) is 0.574. The molecule has 120 valence electrons. The van der Waals surface area contributed by atoms with Crippen LogP contribution in [0.5, 0.6) is 11.5 Å². The highest BCUT2D eigenvalue weighted by atomic mass is 35.5. The predicted octanol–water partition coefficient (Wildman–Crippen LogP) is 3.59. The molecule has 0 spiro atoms. The molecule has 0 aliphatic carbocycles. The third-order valence-electron chi connectivity index (χ3n) is 3.15. The molecule has 6 nitrogen and oxygen atoms in total. The minimum absolute atomic E-state index is 0.0257. The Hall–Kier alpha value is -2.73. The molecule has 0 bridgehead atoms. The summed E-state index contributed by atoms with van der Waals surface area (Å²) < 4.78 is 5.02. The van der Waals surface area contributed by atoms with Gasteiger partial charge in [0.15, 0.2) is 0 Å². The van der Waals surface area contributed by atoms with Gasteiger partial charge in [-0.25, -0.2) is 4.79 Å². The lowest BCUT2D eigenvalue weighted by atomic mass is 10.1. The summed E-state index contributed by atoms with van der Waals surface area (Å²) >= 11 is 6.01. The van der Waals surface area contributed by atoms with Gasteiger partial charge in [-0.15, -0.1) is 0 Å². The lowest BCUT2D eigenvalue weighted by molar-refractivity contribution is 0.0697. The number of nitrogens with one attached hydrogen (secondary N) is 1. The standard InChI is InChI=1S/C16H15ClN2O4/c1-9(12-5-4-11(23-2)8-15(12)20)18-19-14-7-10(16(21)22)3-6-13(14)17/h3-8,19-20H,1-2H3,(H,21,22)/b18-9+. The van der Waals surface area contributed by atoms with Gasteiger partial charge < -0.3 is 14.9 Å². The Labute approximate surface area is 138 Å². The topological polar surface area (TPSA) is 91.2 Å². The van der Waals surface area contributed by atoms with Crippen LogP contribution in [0, 0.1) is 0 Å². The van der Waals surface area contributed by atoms with Gasteiger partial charge in [0, 0.05) is 11.6 Å². The molecule has 0 saturated heterocycles. The van der Waals surface area contributed by atoms with Crippen molar-refractivity contribution in [3.05, 3.63) is 52.5 Å². The molecule has 0 aliphatic heterocycles. The maximum absolute atomic E-state index is 11.0. The van der Waals surface area contributed by atoms with E-state index in [-0.39, 0.29) is 11.3 Å². The number of phenolic OH excluding ortho intramolecular Hbond substituents is 1. The molecule has 2 aromatic carbocycles. The number of carboxylic acid groups (broad SMARTS) is 1. The SMILES string of the molecule is COc1ccc(/C(C)=N/Nc2cc(C(=O)O)ccc2Cl)c(O)c1. The fraction of sp³-hybridized carbons (Fsp3) is 0.125. The van der Waals surface area contributed by atoms with Crippen molar-refractivity contribution in [2.75, 3.05) is 12.5 Å². The zero-order valence-corrected chi connectivity index (χ0v) is 13.3. The van der Waals surface area contributed by atoms with E-state index in [9.17, 15) is 9.90 Å². The van der Waals surface area contributed by atoms with Crippen molar-refractivity contribution < 1.29 is 19.7 Å². The number of aromatic carboxylic acids is 1. The number of carboxylic acids is 1. The minimum atomic E-state index is -1.06. The highest BCUT2D eigenvalue weighted by molar-refractivity contribution is 6.33. The van der Waals surface area contributed by atoms with E-state index in [0.29, 0.717) is 27.7 Å². The molecule has 2 aromatic rings. The Morgan fingerprint density at radius 3 is 2.61 bits per heavy atom. The van der Waals surface area contributed by atoms with Crippen molar-refractivity contribution in [2.24, 2.45) is 5.10 Å². The molecule has 0 amide bonds. The number of aromatic hydroxyl groups is 1. The Balaban J connectivity index is 2.26. The molecule has 7 heteroatoms. The first-order chi connectivity index (χ1) is 10.9. The van der Waals surface area contributed by atoms with E-state index in [4.69, 9.17) is 21.4 Å². The molecule has 0 fully saturated rings. The molecular formula is C16H15ClN2O4. The Morgan fingerprint density at radius 2 is 2.00 bits per heavy atom. The Kier molecular flexibility index (Phi) is 5.08. The Bertz CT molecular complexity index is 775. The van der Waals surface area contributed by atoms with Gasteiger partial charge in [0.05, 0.1) is 29.1 Å². The number of anilines is 1. The highest BCUT2D eigenvalue weighted by Gasteiger charge is 2.09. The van der Waals surface area contributed by atoms with Crippen LogP contribution >= 0.6 is 11.6 Å². The van der Waals surface area contributed by atoms with Gasteiger partial charge in [0.25, 0.3) is 0 Å². The fourth-order valence-electron chi connectivity index (χ4n) is 1.89. The van der Waals surface area contributed by atoms with E-state index in [2.05, 4.69) is 10.5 Å². The van der Waals surface area contributed by atoms with E-state index in [1.807, 2.05) is 0 Å². The summed E-state index contributed by atoms with van der Waals surface area (Å²) in [6.07, 6.45) is 0. The third-order valence-corrected chi connectivity index (χ3v) is 3.48. The molecule has 0 radical (unpaired) electrons. The van der Waals surface area contributed by atoms with Crippen LogP contribution in [0.3, 0.4) is 0 Å². The summed E-state index contributed by atoms with van der Waals surface area (Å²) in [6, 6.07) is 9.11. The molecule has 0 aliphatic rings. The first-order valence-corrected chi connectivity index (χ1v) is 7.00. The maximum Gasteiger partial charge on any atom is 0.335 e. The number of rotatable bonds is 5. The van der Waals surface area contributed by atoms with Crippen LogP contribution < -0.4 is 10.2 Å². The van der Waals surface area contributed by atoms with Gasteiger partial charge in [-0.05, 0) is 37.3 Å². The molecule has 3 N–H and O–H groups in total. The first kappa shape index (κ1) is 16.6. The van der Waals surface area contributed by atoms with Gasteiger partial charge in [-0.2, -0.15) is 5.10 Å². The zero-order valence-electron chi connectivity index (χ0n) is 12.5. The minimum Gasteiger partial charge on any atom is -0.507 e. The normalized spacial score (nSPS) is 11.2. The summed E-state index contributed by atoms with van der Waals surface area (Å²) in [7, 11) is 1.51. The second-order valence-corrected chi connectivity index (χ2v) is 5.10. The van der Waals surface area contributed by atoms with Crippen LogP contribution in [0.15, 0.2) is 41.5 Å². The summed E-state index contributed by atoms with van der Waals surface area (Å²) in [5.74, 6) is -0.500. The molecular weight excluding hydrogens is 320 g/mol. The average Bonchev–Trinajstić information content (AvgIpc) is 2.53. The van der Waals surface area contributed by atoms with Crippen molar-refractivity contribution in [2.45, 2.75) is 6.92 Å². The highest BCUT2D eigenvalue weighted by Crippen LogP contribution is 2.26. The van der Waals surface area contributed by atoms with E-state index >= 15 is 0 Å². The number of carbonyl (C=O) groups is 1. The van der Waals surface area contributed by atoms with E-state index in [1.165, 1.54) is 31.4 Å². The number of hydrogen-bond acceptors (Lipinski definition) is 5. The third kappa shape index (κ3) is 3.92. The lowest BCUT2D eigenvalue weighted by Gasteiger charge is -2.09. The van der Waals surface area contributed by atoms with Gasteiger partial charge in [-0.3, -0.25) is 5.43 Å². The number of hydrazone groups is 1. The number of halogens is 1. The van der Waals surface area contributed by atoms with E-state index < -0.39 is 5.97 Å². The monoisotopic (exact) mass is 334 g/mol. The van der Waals surface area contributed by atoms with Crippen LogP contribution in [0.2, 0.25) is 5.02 Å². The van der Waals surface area contributed by atoms with E-state index in [0.717, 1.165) is 0 Å². The number of nitrogens with zero attached hydrogens (tertiary/aromatic N) is 1. The predicted molar refractivity (Wildman–Crippen MR) is 88.9 cm³/mol. The number of hydrogen-bond donors (Lipinski definition) is 3. The molecule has 0 unspecified atom stereocenters. The van der Waals surface area contributed by atoms with Crippen molar-refractivity contribution >= 4 is 29.0 Å². The summed E-state index contributed by atoms with van der Waals surface area (Å²) in [6.45, 7) is 1.70. The van der Waals surface area contributed by atoms with Crippen molar-refractivity contribution in [3.63, 3.8) is 0 Å². The molecule has 23 heavy (non-hydrogen) atoms. The van der Waals surface area contributed by atoms with Gasteiger partial charge >= 0.3 is 5.97 Å². The second-order valence-electron chi connectivity index (χ2n) is 4.69. The summed E-state index contributed by atoms with van der Waals surface area (Å²) in [5.41, 5.74) is 4.19. The maximum atomic E-state index is 11.0. The first-order valence-electron chi connectivity index (χ1n) is 6.63. The van der Waals surface area contributed by atoms with Crippen LogP contribution in [-0.2, 0) is 0 Å². The van der Waals surface area contributed by atoms with Crippen molar-refractivity contribution in [1.82, 2.24) is 0 Å². The van der Waals surface area contributed by atoms with Crippen molar-refractivity contribution in [1.29, 1.82) is 0 Å². The summed E-state index contributed by atoms with van der Waals surface area (Å²) in [5, 5.41) is 23.4. The number of ether oxygens (including phenoxy) is 1. The van der Waals surface area contributed by atoms with Gasteiger partial charge in [0.1, 0.15) is 11.5 Å². The summed E-state index contributed by atoms with van der Waals surface area (Å²) in [4.78, 5) is 11.0. The molecule has 0 saturated carbocycles. The second kappa shape index (κ2) is 7.02. The van der Waals surface area contributed by atoms with Gasteiger partial charge in [-0.1, -0.05) is 11.6 Å². The van der Waals surface area contributed by atoms with Gasteiger partial charge in [0.2, 0.25) is 0 Å². The number of benzene rings is 2. The zero-order chi connectivity index (χ0) is 17.0. The molecule has 0 aromatic heterocycles. The lowest BCUT2D eigenvalue weighted by Crippen LogP contribution is -2.02. The smallest absolute Gasteiger partial charge is 0.335 e. The number of methoxy groups -OCH3 is 1. The fourth-order valence-corrected chi connectivity index (χ4v) is 2.05. The average molecular weight is 335 g/mol. The van der Waals surface area contributed by atoms with Crippen LogP contribution in [0.1, 0.15) is 22.8 Å². The van der Waals surface area contributed by atoms with Crippen LogP contribution in [0.4, 0.5) is 5.69 Å². The Morgan fingerprint density at radius 1 is 1.26 bits per heavy atom.